The number of amides is 2. The summed E-state index contributed by atoms with van der Waals surface area (Å²) in [6.45, 7) is 4.21. The molecule has 0 bridgehead atoms. The third-order valence-corrected chi connectivity index (χ3v) is 7.41. The highest BCUT2D eigenvalue weighted by Gasteiger charge is 2.25. The number of nitrogens with one attached hydrogen (secondary N) is 2. The molecule has 2 aliphatic heterocycles. The first kappa shape index (κ1) is 27.3. The van der Waals surface area contributed by atoms with Crippen LogP contribution in [0.4, 0.5) is 17.1 Å². The summed E-state index contributed by atoms with van der Waals surface area (Å²) in [5.74, 6) is 0.840. The third-order valence-electron chi connectivity index (χ3n) is 7.41. The number of carbonyl (C=O) groups is 2. The maximum absolute atomic E-state index is 13.5. The molecule has 0 saturated carbocycles. The molecule has 3 aromatic carbocycles. The van der Waals surface area contributed by atoms with E-state index in [2.05, 4.69) is 26.5 Å². The third kappa shape index (κ3) is 6.15. The van der Waals surface area contributed by atoms with E-state index >= 15 is 0 Å². The molecule has 1 unspecified atom stereocenters. The van der Waals surface area contributed by atoms with Crippen LogP contribution in [0.3, 0.4) is 0 Å². The first-order valence-corrected chi connectivity index (χ1v) is 13.7. The molecule has 0 radical (unpaired) electrons. The fraction of sp³-hybridized carbons (Fsp3) is 0.355. The van der Waals surface area contributed by atoms with Crippen LogP contribution in [0.15, 0.2) is 66.7 Å². The molecule has 40 heavy (non-hydrogen) atoms. The Labute approximate surface area is 235 Å². The Morgan fingerprint density at radius 3 is 2.20 bits per heavy atom. The number of anilines is 3. The van der Waals surface area contributed by atoms with Gasteiger partial charge >= 0.3 is 0 Å². The van der Waals surface area contributed by atoms with Crippen molar-refractivity contribution in [3.8, 4) is 11.5 Å². The number of piperazine rings is 1. The quantitative estimate of drug-likeness (QED) is 0.417. The Bertz CT molecular complexity index is 1330. The van der Waals surface area contributed by atoms with Gasteiger partial charge in [0.25, 0.3) is 11.8 Å². The van der Waals surface area contributed by atoms with Crippen molar-refractivity contribution in [1.29, 1.82) is 0 Å². The summed E-state index contributed by atoms with van der Waals surface area (Å²) in [6.07, 6.45) is 1.98. The maximum atomic E-state index is 13.5. The van der Waals surface area contributed by atoms with Gasteiger partial charge < -0.3 is 34.6 Å². The van der Waals surface area contributed by atoms with Gasteiger partial charge in [0.15, 0.2) is 0 Å². The average molecular weight is 545 g/mol. The predicted octanol–water partition coefficient (Wildman–Crippen LogP) is 4.19. The number of ether oxygens (including phenoxy) is 3. The molecule has 2 heterocycles. The molecule has 0 aromatic heterocycles. The van der Waals surface area contributed by atoms with Crippen molar-refractivity contribution in [2.75, 3.05) is 68.7 Å². The van der Waals surface area contributed by atoms with E-state index in [1.54, 1.807) is 31.4 Å². The molecule has 0 spiro atoms. The van der Waals surface area contributed by atoms with Gasteiger partial charge in [-0.15, -0.1) is 0 Å². The number of rotatable bonds is 9. The van der Waals surface area contributed by atoms with Crippen LogP contribution < -0.4 is 29.9 Å². The van der Waals surface area contributed by atoms with Gasteiger partial charge in [-0.1, -0.05) is 24.3 Å². The van der Waals surface area contributed by atoms with Crippen LogP contribution in [-0.4, -0.2) is 71.5 Å². The number of methoxy groups -OCH3 is 2. The predicted molar refractivity (Wildman–Crippen MR) is 156 cm³/mol. The van der Waals surface area contributed by atoms with Crippen molar-refractivity contribution in [2.24, 2.45) is 0 Å². The second kappa shape index (κ2) is 12.7. The van der Waals surface area contributed by atoms with Gasteiger partial charge in [-0.2, -0.15) is 0 Å². The minimum absolute atomic E-state index is 0.0326. The van der Waals surface area contributed by atoms with E-state index in [1.165, 1.54) is 7.11 Å². The highest BCUT2D eigenvalue weighted by atomic mass is 16.5. The Hall–Kier alpha value is -4.24. The molecule has 1 atom stereocenters. The lowest BCUT2D eigenvalue weighted by atomic mass is 10.1. The number of hydrogen-bond acceptors (Lipinski definition) is 7. The Morgan fingerprint density at radius 2 is 1.50 bits per heavy atom. The average Bonchev–Trinajstić information content (AvgIpc) is 3.54. The maximum Gasteiger partial charge on any atom is 0.259 e. The first-order chi connectivity index (χ1) is 19.6. The molecular formula is C31H36N4O5. The van der Waals surface area contributed by atoms with Gasteiger partial charge in [0.05, 0.1) is 37.1 Å². The molecule has 2 aliphatic rings. The topological polar surface area (TPSA) is 92.4 Å². The largest absolute Gasteiger partial charge is 0.496 e. The summed E-state index contributed by atoms with van der Waals surface area (Å²) in [5, 5.41) is 5.98. The van der Waals surface area contributed by atoms with Crippen molar-refractivity contribution in [3.63, 3.8) is 0 Å². The van der Waals surface area contributed by atoms with E-state index in [0.717, 1.165) is 62.8 Å². The van der Waals surface area contributed by atoms with Gasteiger partial charge in [-0.05, 0) is 55.3 Å². The minimum Gasteiger partial charge on any atom is -0.496 e. The Balaban J connectivity index is 1.35. The molecule has 2 N–H and O–H groups in total. The van der Waals surface area contributed by atoms with Gasteiger partial charge in [0.2, 0.25) is 0 Å². The fourth-order valence-corrected chi connectivity index (χ4v) is 5.29. The lowest BCUT2D eigenvalue weighted by Crippen LogP contribution is -2.47. The van der Waals surface area contributed by atoms with Crippen LogP contribution in [0.1, 0.15) is 33.6 Å². The van der Waals surface area contributed by atoms with E-state index in [9.17, 15) is 9.59 Å². The van der Waals surface area contributed by atoms with Gasteiger partial charge in [0, 0.05) is 50.7 Å². The zero-order valence-electron chi connectivity index (χ0n) is 23.0. The van der Waals surface area contributed by atoms with E-state index in [0.29, 0.717) is 29.1 Å². The number of nitrogens with zero attached hydrogens (tertiary/aromatic N) is 2. The van der Waals surface area contributed by atoms with Gasteiger partial charge in [-0.25, -0.2) is 0 Å². The summed E-state index contributed by atoms with van der Waals surface area (Å²) >= 11 is 0. The van der Waals surface area contributed by atoms with Gasteiger partial charge in [0.1, 0.15) is 11.5 Å². The summed E-state index contributed by atoms with van der Waals surface area (Å²) in [5.41, 5.74) is 3.37. The lowest BCUT2D eigenvalue weighted by Gasteiger charge is -2.38. The van der Waals surface area contributed by atoms with Crippen LogP contribution in [0.25, 0.3) is 0 Å². The fourth-order valence-electron chi connectivity index (χ4n) is 5.29. The standard InChI is InChI=1S/C31H36N4O5/c1-38-28-11-5-3-9-24(28)31(37)33-22-13-14-26(25(20-22)30(36)32-21-23-8-7-19-40-23)34-15-17-35(18-16-34)27-10-4-6-12-29(27)39-2/h3-6,9-14,20,23H,7-8,15-19,21H2,1-2H3,(H,32,36)(H,33,37). The smallest absolute Gasteiger partial charge is 0.259 e. The van der Waals surface area contributed by atoms with Crippen LogP contribution in [0, 0.1) is 0 Å². The molecular weight excluding hydrogens is 508 g/mol. The van der Waals surface area contributed by atoms with Crippen LogP contribution in [0.2, 0.25) is 0 Å². The van der Waals surface area contributed by atoms with E-state index in [4.69, 9.17) is 14.2 Å². The highest BCUT2D eigenvalue weighted by Crippen LogP contribution is 2.31. The van der Waals surface area contributed by atoms with Crippen LogP contribution in [0.5, 0.6) is 11.5 Å². The zero-order valence-corrected chi connectivity index (χ0v) is 23.0. The van der Waals surface area contributed by atoms with Crippen molar-refractivity contribution < 1.29 is 23.8 Å². The summed E-state index contributed by atoms with van der Waals surface area (Å²) in [4.78, 5) is 31.1. The van der Waals surface area contributed by atoms with E-state index in [1.807, 2.05) is 36.4 Å². The molecule has 9 nitrogen and oxygen atoms in total. The Kier molecular flexibility index (Phi) is 8.71. The summed E-state index contributed by atoms with van der Waals surface area (Å²) in [6, 6.07) is 20.6. The summed E-state index contributed by atoms with van der Waals surface area (Å²) < 4.78 is 16.6. The minimum atomic E-state index is -0.304. The van der Waals surface area contributed by atoms with Crippen molar-refractivity contribution in [2.45, 2.75) is 18.9 Å². The Morgan fingerprint density at radius 1 is 0.825 bits per heavy atom. The van der Waals surface area contributed by atoms with Crippen molar-refractivity contribution in [1.82, 2.24) is 5.32 Å². The first-order valence-electron chi connectivity index (χ1n) is 13.7. The molecule has 210 valence electrons. The van der Waals surface area contributed by atoms with E-state index in [-0.39, 0.29) is 17.9 Å². The molecule has 0 aliphatic carbocycles. The van der Waals surface area contributed by atoms with Crippen molar-refractivity contribution >= 4 is 28.9 Å². The number of benzene rings is 3. The normalized spacial score (nSPS) is 16.9. The van der Waals surface area contributed by atoms with Crippen LogP contribution in [-0.2, 0) is 4.74 Å². The summed E-state index contributed by atoms with van der Waals surface area (Å²) in [7, 11) is 3.22. The van der Waals surface area contributed by atoms with E-state index < -0.39 is 0 Å². The highest BCUT2D eigenvalue weighted by molar-refractivity contribution is 6.07. The zero-order chi connectivity index (χ0) is 27.9. The number of para-hydroxylation sites is 3. The molecule has 2 fully saturated rings. The molecule has 9 heteroatoms. The molecule has 5 rings (SSSR count). The molecule has 3 aromatic rings. The van der Waals surface area contributed by atoms with Gasteiger partial charge in [-0.3, -0.25) is 9.59 Å². The number of carbonyl (C=O) groups excluding carboxylic acids is 2. The monoisotopic (exact) mass is 544 g/mol. The van der Waals surface area contributed by atoms with Crippen LogP contribution >= 0.6 is 0 Å². The van der Waals surface area contributed by atoms with Crippen molar-refractivity contribution in [3.05, 3.63) is 77.9 Å². The number of hydrogen-bond donors (Lipinski definition) is 2. The second-order valence-corrected chi connectivity index (χ2v) is 9.88. The molecule has 2 amide bonds. The SMILES string of the molecule is COc1ccccc1C(=O)Nc1ccc(N2CCN(c3ccccc3OC)CC2)c(C(=O)NCC2CCCO2)c1. The molecule has 2 saturated heterocycles. The second-order valence-electron chi connectivity index (χ2n) is 9.88. The lowest BCUT2D eigenvalue weighted by molar-refractivity contribution is 0.0858.